The summed E-state index contributed by atoms with van der Waals surface area (Å²) in [4.78, 5) is 0. The lowest BCUT2D eigenvalue weighted by Crippen LogP contribution is -2.60. The first-order chi connectivity index (χ1) is 13.9. The van der Waals surface area contributed by atoms with E-state index in [2.05, 4.69) is 6.92 Å². The molecule has 29 heavy (non-hydrogen) atoms. The lowest BCUT2D eigenvalue weighted by Gasteiger charge is -2.57. The molecular weight excluding hydrogens is 364 g/mol. The summed E-state index contributed by atoms with van der Waals surface area (Å²) in [5.41, 5.74) is 7.32. The van der Waals surface area contributed by atoms with Crippen LogP contribution in [0.2, 0.25) is 0 Å². The van der Waals surface area contributed by atoms with Crippen molar-refractivity contribution < 1.29 is 8.78 Å². The highest BCUT2D eigenvalue weighted by Crippen LogP contribution is 2.61. The van der Waals surface area contributed by atoms with Gasteiger partial charge in [-0.3, -0.25) is 0 Å². The Morgan fingerprint density at radius 3 is 2.41 bits per heavy atom. The monoisotopic (exact) mass is 407 g/mol. The van der Waals surface area contributed by atoms with Gasteiger partial charge in [0.2, 0.25) is 0 Å². The molecule has 0 spiro atoms. The molecule has 5 fully saturated rings. The topological polar surface area (TPSA) is 26.0 Å². The largest absolute Gasteiger partial charge is 0.325 e. The van der Waals surface area contributed by atoms with Crippen molar-refractivity contribution in [2.45, 2.75) is 115 Å². The number of halogens is 2. The average Bonchev–Trinajstić information content (AvgIpc) is 3.05. The third kappa shape index (κ3) is 3.50. The molecular formula is C26H43F2N. The molecule has 0 amide bonds. The maximum atomic E-state index is 14.4. The van der Waals surface area contributed by atoms with Crippen molar-refractivity contribution in [2.24, 2.45) is 53.1 Å². The van der Waals surface area contributed by atoms with E-state index in [-0.39, 0.29) is 17.9 Å². The second-order valence-electron chi connectivity index (χ2n) is 11.9. The summed E-state index contributed by atoms with van der Waals surface area (Å²) in [6, 6.07) is 0. The highest BCUT2D eigenvalue weighted by atomic mass is 19.3. The molecule has 0 aromatic carbocycles. The summed E-state index contributed by atoms with van der Waals surface area (Å²) < 4.78 is 28.8. The SMILES string of the molecule is CCC1CCC2(N)C1CCC1C3CCC(CC4CCCCC4(F)F)CC3CCC12. The first-order valence-corrected chi connectivity index (χ1v) is 13.1. The maximum Gasteiger partial charge on any atom is 0.250 e. The predicted molar refractivity (Wildman–Crippen MR) is 115 cm³/mol. The van der Waals surface area contributed by atoms with Gasteiger partial charge in [-0.1, -0.05) is 26.2 Å². The van der Waals surface area contributed by atoms with Gasteiger partial charge in [0.1, 0.15) is 0 Å². The Labute approximate surface area is 177 Å². The minimum atomic E-state index is -2.39. The van der Waals surface area contributed by atoms with Crippen molar-refractivity contribution in [3.63, 3.8) is 0 Å². The average molecular weight is 408 g/mol. The van der Waals surface area contributed by atoms with Gasteiger partial charge in [-0.05, 0) is 112 Å². The number of fused-ring (bicyclic) bond motifs is 5. The fourth-order valence-corrected chi connectivity index (χ4v) is 9.43. The van der Waals surface area contributed by atoms with E-state index in [1.165, 1.54) is 64.2 Å². The summed E-state index contributed by atoms with van der Waals surface area (Å²) in [5, 5.41) is 0. The molecule has 0 aromatic heterocycles. The lowest BCUT2D eigenvalue weighted by molar-refractivity contribution is -0.0999. The molecule has 3 heteroatoms. The highest BCUT2D eigenvalue weighted by molar-refractivity contribution is 5.11. The van der Waals surface area contributed by atoms with Gasteiger partial charge >= 0.3 is 0 Å². The summed E-state index contributed by atoms with van der Waals surface area (Å²) >= 11 is 0. The van der Waals surface area contributed by atoms with E-state index in [1.807, 2.05) is 0 Å². The molecule has 0 aliphatic heterocycles. The molecule has 1 nitrogen and oxygen atoms in total. The molecule has 9 atom stereocenters. The van der Waals surface area contributed by atoms with E-state index < -0.39 is 5.92 Å². The van der Waals surface area contributed by atoms with Crippen LogP contribution in [0.15, 0.2) is 0 Å². The third-order valence-corrected chi connectivity index (χ3v) is 10.8. The van der Waals surface area contributed by atoms with Gasteiger partial charge in [0, 0.05) is 17.9 Å². The van der Waals surface area contributed by atoms with Crippen LogP contribution in [0.3, 0.4) is 0 Å². The van der Waals surface area contributed by atoms with Crippen LogP contribution in [0.25, 0.3) is 0 Å². The molecule has 0 heterocycles. The van der Waals surface area contributed by atoms with E-state index in [9.17, 15) is 8.78 Å². The Kier molecular flexibility index (Phi) is 5.53. The maximum absolute atomic E-state index is 14.4. The third-order valence-electron chi connectivity index (χ3n) is 10.8. The molecule has 0 saturated heterocycles. The normalized spacial score (nSPS) is 51.7. The molecule has 5 aliphatic rings. The molecule has 0 aromatic rings. The van der Waals surface area contributed by atoms with E-state index in [4.69, 9.17) is 5.73 Å². The van der Waals surface area contributed by atoms with Gasteiger partial charge in [0.15, 0.2) is 0 Å². The first-order valence-electron chi connectivity index (χ1n) is 13.1. The van der Waals surface area contributed by atoms with Gasteiger partial charge in [-0.15, -0.1) is 0 Å². The van der Waals surface area contributed by atoms with Gasteiger partial charge in [0.25, 0.3) is 5.92 Å². The van der Waals surface area contributed by atoms with Crippen molar-refractivity contribution in [3.05, 3.63) is 0 Å². The van der Waals surface area contributed by atoms with E-state index in [0.29, 0.717) is 5.92 Å². The van der Waals surface area contributed by atoms with Crippen LogP contribution in [-0.4, -0.2) is 11.5 Å². The summed E-state index contributed by atoms with van der Waals surface area (Å²) in [7, 11) is 0. The van der Waals surface area contributed by atoms with E-state index >= 15 is 0 Å². The van der Waals surface area contributed by atoms with Gasteiger partial charge < -0.3 is 5.73 Å². The zero-order valence-electron chi connectivity index (χ0n) is 18.6. The van der Waals surface area contributed by atoms with Crippen molar-refractivity contribution >= 4 is 0 Å². The van der Waals surface area contributed by atoms with Crippen LogP contribution in [0, 0.1) is 47.3 Å². The zero-order valence-corrected chi connectivity index (χ0v) is 18.6. The van der Waals surface area contributed by atoms with E-state index in [0.717, 1.165) is 61.2 Å². The second-order valence-corrected chi connectivity index (χ2v) is 11.9. The molecule has 5 saturated carbocycles. The Morgan fingerprint density at radius 1 is 0.828 bits per heavy atom. The molecule has 166 valence electrons. The molecule has 0 bridgehead atoms. The number of nitrogens with two attached hydrogens (primary N) is 1. The van der Waals surface area contributed by atoms with Gasteiger partial charge in [-0.25, -0.2) is 8.78 Å². The second kappa shape index (κ2) is 7.75. The lowest BCUT2D eigenvalue weighted by atomic mass is 9.50. The Balaban J connectivity index is 1.24. The standard InChI is InChI=1S/C26H43F2N/c1-2-18-12-14-25(29)23(18)11-9-22-21-8-6-17(15-19(21)7-10-24(22)25)16-20-5-3-4-13-26(20,27)28/h17-24H,2-16,29H2,1H3. The van der Waals surface area contributed by atoms with Gasteiger partial charge in [0.05, 0.1) is 0 Å². The molecule has 9 unspecified atom stereocenters. The number of hydrogen-bond acceptors (Lipinski definition) is 1. The van der Waals surface area contributed by atoms with Crippen LogP contribution in [0.4, 0.5) is 8.78 Å². The quantitative estimate of drug-likeness (QED) is 0.526. The first kappa shape index (κ1) is 20.7. The minimum absolute atomic E-state index is 0.121. The summed E-state index contributed by atoms with van der Waals surface area (Å²) in [6.07, 6.45) is 16.5. The summed E-state index contributed by atoms with van der Waals surface area (Å²) in [6.45, 7) is 2.36. The Morgan fingerprint density at radius 2 is 1.62 bits per heavy atom. The van der Waals surface area contributed by atoms with Gasteiger partial charge in [-0.2, -0.15) is 0 Å². The molecule has 2 N–H and O–H groups in total. The van der Waals surface area contributed by atoms with Crippen LogP contribution in [-0.2, 0) is 0 Å². The summed E-state index contributed by atoms with van der Waals surface area (Å²) in [5.74, 6) is 2.70. The predicted octanol–water partition coefficient (Wildman–Crippen LogP) is 7.19. The fourth-order valence-electron chi connectivity index (χ4n) is 9.43. The fraction of sp³-hybridized carbons (Fsp3) is 1.00. The van der Waals surface area contributed by atoms with Crippen LogP contribution in [0.1, 0.15) is 103 Å². The van der Waals surface area contributed by atoms with E-state index in [1.54, 1.807) is 0 Å². The zero-order chi connectivity index (χ0) is 20.2. The Hall–Kier alpha value is -0.180. The number of hydrogen-bond donors (Lipinski definition) is 1. The Bertz CT molecular complexity index is 591. The molecule has 5 aliphatic carbocycles. The van der Waals surface area contributed by atoms with Crippen molar-refractivity contribution in [1.29, 1.82) is 0 Å². The smallest absolute Gasteiger partial charge is 0.250 e. The molecule has 0 radical (unpaired) electrons. The molecule has 5 rings (SSSR count). The van der Waals surface area contributed by atoms with Crippen molar-refractivity contribution in [1.82, 2.24) is 0 Å². The highest BCUT2D eigenvalue weighted by Gasteiger charge is 2.58. The minimum Gasteiger partial charge on any atom is -0.325 e. The van der Waals surface area contributed by atoms with Crippen LogP contribution >= 0.6 is 0 Å². The number of alkyl halides is 2. The van der Waals surface area contributed by atoms with Crippen LogP contribution < -0.4 is 5.73 Å². The van der Waals surface area contributed by atoms with Crippen molar-refractivity contribution in [3.8, 4) is 0 Å². The van der Waals surface area contributed by atoms with Crippen LogP contribution in [0.5, 0.6) is 0 Å². The number of rotatable bonds is 3. The van der Waals surface area contributed by atoms with Crippen molar-refractivity contribution in [2.75, 3.05) is 0 Å².